The molecule has 0 unspecified atom stereocenters. The first-order chi connectivity index (χ1) is 18.1. The second kappa shape index (κ2) is 8.63. The van der Waals surface area contributed by atoms with Gasteiger partial charge in [0.15, 0.2) is 11.6 Å². The molecule has 1 heterocycles. The number of amides is 2. The zero-order valence-corrected chi connectivity index (χ0v) is 22.0. The van der Waals surface area contributed by atoms with Gasteiger partial charge in [-0.15, -0.1) is 0 Å². The predicted molar refractivity (Wildman–Crippen MR) is 143 cm³/mol. The Morgan fingerprint density at radius 2 is 1.68 bits per heavy atom. The summed E-state index contributed by atoms with van der Waals surface area (Å²) in [4.78, 5) is 55.4. The van der Waals surface area contributed by atoms with Crippen LogP contribution in [-0.2, 0) is 19.2 Å². The number of imide groups is 1. The van der Waals surface area contributed by atoms with Crippen molar-refractivity contribution < 1.29 is 24.3 Å². The number of anilines is 1. The molecule has 1 fully saturated rings. The van der Waals surface area contributed by atoms with E-state index in [1.54, 1.807) is 44.2 Å². The van der Waals surface area contributed by atoms with Crippen LogP contribution in [0.25, 0.3) is 0 Å². The van der Waals surface area contributed by atoms with Gasteiger partial charge in [-0.1, -0.05) is 41.4 Å². The highest BCUT2D eigenvalue weighted by Crippen LogP contribution is 2.55. The zero-order chi connectivity index (χ0) is 27.0. The Balaban J connectivity index is 1.49. The Labute approximate surface area is 225 Å². The number of phenolic OH excluding ortho intramolecular Hbond substituents is 1. The Hall–Kier alpha value is -3.77. The van der Waals surface area contributed by atoms with Crippen LogP contribution in [0.2, 0.25) is 5.02 Å². The highest BCUT2D eigenvalue weighted by atomic mass is 35.5. The maximum Gasteiger partial charge on any atom is 0.238 e. The Kier molecular flexibility index (Phi) is 5.58. The van der Waals surface area contributed by atoms with Gasteiger partial charge in [-0.2, -0.15) is 0 Å². The Morgan fingerprint density at radius 1 is 0.921 bits per heavy atom. The van der Waals surface area contributed by atoms with Gasteiger partial charge >= 0.3 is 0 Å². The molecule has 192 valence electrons. The van der Waals surface area contributed by atoms with Crippen LogP contribution in [0.5, 0.6) is 5.75 Å². The maximum atomic E-state index is 13.9. The molecule has 4 atom stereocenters. The number of allylic oxidation sites excluding steroid dienone is 6. The van der Waals surface area contributed by atoms with Gasteiger partial charge in [-0.3, -0.25) is 19.2 Å². The highest BCUT2D eigenvalue weighted by Gasteiger charge is 2.56. The summed E-state index contributed by atoms with van der Waals surface area (Å²) in [5.41, 5.74) is 4.82. The third-order valence-electron chi connectivity index (χ3n) is 8.53. The molecule has 6 nitrogen and oxygen atoms in total. The van der Waals surface area contributed by atoms with Crippen LogP contribution in [0.3, 0.4) is 0 Å². The van der Waals surface area contributed by atoms with Crippen molar-refractivity contribution in [3.63, 3.8) is 0 Å². The van der Waals surface area contributed by atoms with Gasteiger partial charge in [0.25, 0.3) is 0 Å². The smallest absolute Gasteiger partial charge is 0.238 e. The molecule has 1 N–H and O–H groups in total. The molecule has 7 heteroatoms. The van der Waals surface area contributed by atoms with Crippen molar-refractivity contribution in [2.45, 2.75) is 39.5 Å². The fourth-order valence-electron chi connectivity index (χ4n) is 6.60. The van der Waals surface area contributed by atoms with Crippen molar-refractivity contribution in [2.24, 2.45) is 17.8 Å². The van der Waals surface area contributed by atoms with Gasteiger partial charge in [0, 0.05) is 27.7 Å². The number of Topliss-reactive ketones (excluding diaryl/α,β-unsaturated/α-hetero) is 1. The van der Waals surface area contributed by atoms with Crippen LogP contribution >= 0.6 is 11.6 Å². The van der Waals surface area contributed by atoms with E-state index < -0.39 is 23.7 Å². The highest BCUT2D eigenvalue weighted by molar-refractivity contribution is 6.32. The number of ketones is 2. The maximum absolute atomic E-state index is 13.9. The van der Waals surface area contributed by atoms with E-state index in [1.807, 2.05) is 19.1 Å². The van der Waals surface area contributed by atoms with Gasteiger partial charge in [-0.25, -0.2) is 4.90 Å². The predicted octanol–water partition coefficient (Wildman–Crippen LogP) is 5.30. The minimum absolute atomic E-state index is 0.138. The number of fused-ring (bicyclic) bond motifs is 3. The average Bonchev–Trinajstić information content (AvgIpc) is 3.14. The van der Waals surface area contributed by atoms with Crippen LogP contribution in [-0.4, -0.2) is 28.5 Å². The lowest BCUT2D eigenvalue weighted by Crippen LogP contribution is -2.39. The summed E-state index contributed by atoms with van der Waals surface area (Å²) in [6.45, 7) is 5.26. The first-order valence-electron chi connectivity index (χ1n) is 12.7. The normalized spacial score (nSPS) is 26.7. The lowest BCUT2D eigenvalue weighted by Gasteiger charge is -2.42. The summed E-state index contributed by atoms with van der Waals surface area (Å²) in [6.07, 6.45) is 3.97. The molecule has 2 aromatic rings. The van der Waals surface area contributed by atoms with E-state index in [4.69, 9.17) is 11.6 Å². The average molecular weight is 528 g/mol. The molecule has 1 saturated heterocycles. The summed E-state index contributed by atoms with van der Waals surface area (Å²) in [6, 6.07) is 10.3. The van der Waals surface area contributed by atoms with E-state index in [0.29, 0.717) is 39.4 Å². The zero-order valence-electron chi connectivity index (χ0n) is 21.2. The minimum atomic E-state index is -0.647. The van der Waals surface area contributed by atoms with Crippen LogP contribution < -0.4 is 4.90 Å². The fraction of sp³-hybridized carbons (Fsp3) is 0.290. The third-order valence-corrected chi connectivity index (χ3v) is 8.94. The molecular formula is C31H26ClNO5. The molecule has 3 aliphatic carbocycles. The second-order valence-electron chi connectivity index (χ2n) is 10.7. The number of nitrogens with zero attached hydrogens (tertiary/aromatic N) is 1. The lowest BCUT2D eigenvalue weighted by atomic mass is 9.59. The molecular weight excluding hydrogens is 502 g/mol. The van der Waals surface area contributed by atoms with Crippen molar-refractivity contribution in [3.05, 3.63) is 92.6 Å². The number of aryl methyl sites for hydroxylation is 2. The Morgan fingerprint density at radius 3 is 2.39 bits per heavy atom. The Bertz CT molecular complexity index is 1580. The second-order valence-corrected chi connectivity index (χ2v) is 11.1. The molecule has 2 aromatic carbocycles. The first-order valence-corrected chi connectivity index (χ1v) is 13.1. The van der Waals surface area contributed by atoms with Crippen molar-refractivity contribution in [2.75, 3.05) is 4.90 Å². The summed E-state index contributed by atoms with van der Waals surface area (Å²) >= 11 is 6.32. The van der Waals surface area contributed by atoms with Crippen molar-refractivity contribution in [1.82, 2.24) is 0 Å². The topological polar surface area (TPSA) is 91.8 Å². The number of hydrogen-bond acceptors (Lipinski definition) is 5. The van der Waals surface area contributed by atoms with E-state index in [9.17, 15) is 24.3 Å². The summed E-state index contributed by atoms with van der Waals surface area (Å²) in [7, 11) is 0. The molecule has 1 aliphatic heterocycles. The molecule has 38 heavy (non-hydrogen) atoms. The molecule has 6 rings (SSSR count). The number of hydrogen-bond donors (Lipinski definition) is 1. The molecule has 2 amide bonds. The summed E-state index contributed by atoms with van der Waals surface area (Å²) < 4.78 is 0. The van der Waals surface area contributed by atoms with Gasteiger partial charge in [0.1, 0.15) is 5.75 Å². The lowest BCUT2D eigenvalue weighted by molar-refractivity contribution is -0.123. The van der Waals surface area contributed by atoms with Crippen LogP contribution in [0, 0.1) is 31.6 Å². The minimum Gasteiger partial charge on any atom is -0.508 e. The summed E-state index contributed by atoms with van der Waals surface area (Å²) in [5.74, 6) is -2.97. The number of phenols is 1. The van der Waals surface area contributed by atoms with E-state index in [1.165, 1.54) is 11.0 Å². The quantitative estimate of drug-likeness (QED) is 0.325. The van der Waals surface area contributed by atoms with E-state index >= 15 is 0 Å². The number of aromatic hydroxyl groups is 1. The van der Waals surface area contributed by atoms with Crippen molar-refractivity contribution in [1.29, 1.82) is 0 Å². The number of halogens is 1. The van der Waals surface area contributed by atoms with Crippen molar-refractivity contribution in [3.8, 4) is 5.75 Å². The fourth-order valence-corrected chi connectivity index (χ4v) is 6.77. The third kappa shape index (κ3) is 3.47. The number of carbonyl (C=O) groups excluding carboxylic acids is 4. The monoisotopic (exact) mass is 527 g/mol. The SMILES string of the molecule is CC1=CC(=O)C2=C(C[C@@H]3C(=CC[C@@H]4C(=O)N(c5ccc(C)c(Cl)c5)C(=O)[C@@H]43)[C@@H]2c2ccc(O)c(C)c2)C1=O. The van der Waals surface area contributed by atoms with Gasteiger partial charge in [0.2, 0.25) is 11.8 Å². The molecule has 0 saturated carbocycles. The molecule has 0 bridgehead atoms. The number of benzene rings is 2. The van der Waals surface area contributed by atoms with E-state index in [2.05, 4.69) is 0 Å². The molecule has 0 spiro atoms. The van der Waals surface area contributed by atoms with Crippen molar-refractivity contribution >= 4 is 40.7 Å². The largest absolute Gasteiger partial charge is 0.508 e. The van der Waals surface area contributed by atoms with Gasteiger partial charge in [-0.05, 0) is 80.5 Å². The standard InChI is InChI=1S/C31H26ClNO5/c1-14-4-6-18(12-23(14)32)33-30(37)20-8-7-19-21(27(20)31(33)38)13-22-28(25(35)11-16(3)29(22)36)26(19)17-5-9-24(34)15(2)10-17/h4-7,9-12,20-21,26-27,34H,8,13H2,1-3H3/t20-,21+,26-,27-/m0/s1. The van der Waals surface area contributed by atoms with Crippen LogP contribution in [0.1, 0.15) is 42.4 Å². The van der Waals surface area contributed by atoms with E-state index in [-0.39, 0.29) is 35.6 Å². The summed E-state index contributed by atoms with van der Waals surface area (Å²) in [5, 5.41) is 10.6. The van der Waals surface area contributed by atoms with Crippen LogP contribution in [0.15, 0.2) is 70.8 Å². The number of rotatable bonds is 2. The van der Waals surface area contributed by atoms with Gasteiger partial charge < -0.3 is 5.11 Å². The van der Waals surface area contributed by atoms with Gasteiger partial charge in [0.05, 0.1) is 17.5 Å². The molecule has 0 aromatic heterocycles. The molecule has 4 aliphatic rings. The molecule has 0 radical (unpaired) electrons. The first kappa shape index (κ1) is 24.6. The van der Waals surface area contributed by atoms with Crippen LogP contribution in [0.4, 0.5) is 5.69 Å². The number of carbonyl (C=O) groups is 4. The van der Waals surface area contributed by atoms with E-state index in [0.717, 1.165) is 16.7 Å².